The van der Waals surface area contributed by atoms with Crippen LogP contribution < -0.4 is 4.90 Å². The zero-order valence-corrected chi connectivity index (χ0v) is 20.6. The average molecular weight is 452 g/mol. The molecule has 2 aliphatic heterocycles. The van der Waals surface area contributed by atoms with Gasteiger partial charge < -0.3 is 14.7 Å². The molecule has 0 bridgehead atoms. The molecule has 33 heavy (non-hydrogen) atoms. The van der Waals surface area contributed by atoms with E-state index in [-0.39, 0.29) is 23.6 Å². The Morgan fingerprint density at radius 2 is 1.70 bits per heavy atom. The predicted octanol–water partition coefficient (Wildman–Crippen LogP) is 4.46. The minimum absolute atomic E-state index is 0.0498. The maximum atomic E-state index is 14.3. The lowest BCUT2D eigenvalue weighted by Gasteiger charge is -2.38. The van der Waals surface area contributed by atoms with Crippen molar-refractivity contribution in [1.29, 1.82) is 0 Å². The van der Waals surface area contributed by atoms with Gasteiger partial charge in [0.05, 0.1) is 0 Å². The largest absolute Gasteiger partial charge is 0.311 e. The zero-order valence-electron chi connectivity index (χ0n) is 20.6. The third-order valence-electron chi connectivity index (χ3n) is 7.42. The van der Waals surface area contributed by atoms with Crippen LogP contribution in [0.1, 0.15) is 35.6 Å². The number of aryl methyl sites for hydroxylation is 2. The summed E-state index contributed by atoms with van der Waals surface area (Å²) in [4.78, 5) is 20.1. The van der Waals surface area contributed by atoms with E-state index in [1.54, 1.807) is 6.07 Å². The fraction of sp³-hybridized carbons (Fsp3) is 0.536. The van der Waals surface area contributed by atoms with E-state index in [4.69, 9.17) is 0 Å². The van der Waals surface area contributed by atoms with Gasteiger partial charge >= 0.3 is 0 Å². The molecular weight excluding hydrogens is 413 g/mol. The second-order valence-corrected chi connectivity index (χ2v) is 10.2. The Hall–Kier alpha value is -2.24. The summed E-state index contributed by atoms with van der Waals surface area (Å²) in [5.74, 6) is 0.248. The lowest BCUT2D eigenvalue weighted by Crippen LogP contribution is -2.46. The van der Waals surface area contributed by atoms with Gasteiger partial charge in [0, 0.05) is 50.9 Å². The lowest BCUT2D eigenvalue weighted by molar-refractivity contribution is -0.124. The van der Waals surface area contributed by atoms with E-state index in [1.807, 2.05) is 24.0 Å². The summed E-state index contributed by atoms with van der Waals surface area (Å²) >= 11 is 0. The molecule has 4 rings (SSSR count). The van der Waals surface area contributed by atoms with Crippen LogP contribution >= 0.6 is 0 Å². The van der Waals surface area contributed by atoms with E-state index in [1.165, 1.54) is 11.6 Å². The number of rotatable bonds is 6. The Morgan fingerprint density at radius 1 is 1.03 bits per heavy atom. The molecule has 178 valence electrons. The maximum absolute atomic E-state index is 14.3. The van der Waals surface area contributed by atoms with Crippen LogP contribution in [-0.2, 0) is 17.6 Å². The summed E-state index contributed by atoms with van der Waals surface area (Å²) in [7, 11) is 2.19. The molecular formula is C28H38FN3O. The van der Waals surface area contributed by atoms with Crippen molar-refractivity contribution in [2.45, 2.75) is 40.0 Å². The molecule has 0 spiro atoms. The number of carbonyl (C=O) groups excluding carboxylic acids is 1. The molecule has 0 N–H and O–H groups in total. The number of benzene rings is 2. The molecule has 0 aromatic heterocycles. The van der Waals surface area contributed by atoms with Crippen molar-refractivity contribution in [3.63, 3.8) is 0 Å². The second-order valence-electron chi connectivity index (χ2n) is 10.2. The third kappa shape index (κ3) is 5.64. The van der Waals surface area contributed by atoms with Crippen molar-refractivity contribution in [3.8, 4) is 0 Å². The zero-order chi connectivity index (χ0) is 23.5. The van der Waals surface area contributed by atoms with Gasteiger partial charge in [-0.2, -0.15) is 0 Å². The minimum Gasteiger partial charge on any atom is -0.311 e. The van der Waals surface area contributed by atoms with Crippen molar-refractivity contribution in [3.05, 3.63) is 64.5 Å². The molecule has 0 unspecified atom stereocenters. The lowest BCUT2D eigenvalue weighted by atomic mass is 9.84. The van der Waals surface area contributed by atoms with Gasteiger partial charge in [-0.25, -0.2) is 4.39 Å². The molecule has 2 atom stereocenters. The quantitative estimate of drug-likeness (QED) is 0.649. The summed E-state index contributed by atoms with van der Waals surface area (Å²) in [6.45, 7) is 12.5. The highest BCUT2D eigenvalue weighted by atomic mass is 19.1. The maximum Gasteiger partial charge on any atom is 0.229 e. The summed E-state index contributed by atoms with van der Waals surface area (Å²) in [5, 5.41) is 0. The highest BCUT2D eigenvalue weighted by Gasteiger charge is 2.34. The van der Waals surface area contributed by atoms with Crippen LogP contribution in [0.5, 0.6) is 0 Å². The monoisotopic (exact) mass is 451 g/mol. The van der Waals surface area contributed by atoms with Crippen LogP contribution in [0.15, 0.2) is 36.4 Å². The molecule has 2 aliphatic rings. The van der Waals surface area contributed by atoms with Gasteiger partial charge in [0.25, 0.3) is 0 Å². The van der Waals surface area contributed by atoms with Crippen LogP contribution in [0.3, 0.4) is 0 Å². The van der Waals surface area contributed by atoms with E-state index in [0.717, 1.165) is 67.9 Å². The predicted molar refractivity (Wildman–Crippen MR) is 133 cm³/mol. The first-order chi connectivity index (χ1) is 15.8. The summed E-state index contributed by atoms with van der Waals surface area (Å²) in [5.41, 5.74) is 5.46. The fourth-order valence-electron chi connectivity index (χ4n) is 5.59. The number of halogens is 1. The molecule has 2 aromatic carbocycles. The van der Waals surface area contributed by atoms with Gasteiger partial charge in [0.2, 0.25) is 5.91 Å². The molecule has 4 nitrogen and oxygen atoms in total. The van der Waals surface area contributed by atoms with Crippen molar-refractivity contribution in [2.75, 3.05) is 51.2 Å². The van der Waals surface area contributed by atoms with Crippen LogP contribution in [0.4, 0.5) is 10.1 Å². The number of piperidine rings is 1. The van der Waals surface area contributed by atoms with E-state index < -0.39 is 0 Å². The number of amides is 1. The number of hydrogen-bond acceptors (Lipinski definition) is 3. The number of likely N-dealkylation sites (N-methyl/N-ethyl adjacent to an activating group) is 1. The first kappa shape index (κ1) is 23.9. The Kier molecular flexibility index (Phi) is 7.50. The molecule has 2 fully saturated rings. The van der Waals surface area contributed by atoms with E-state index >= 15 is 0 Å². The van der Waals surface area contributed by atoms with Gasteiger partial charge in [-0.1, -0.05) is 37.3 Å². The first-order valence-corrected chi connectivity index (χ1v) is 12.4. The summed E-state index contributed by atoms with van der Waals surface area (Å²) < 4.78 is 14.3. The van der Waals surface area contributed by atoms with E-state index in [9.17, 15) is 9.18 Å². The summed E-state index contributed by atoms with van der Waals surface area (Å²) in [6, 6.07) is 11.5. The van der Waals surface area contributed by atoms with Crippen LogP contribution in [-0.4, -0.2) is 62.0 Å². The number of carbonyl (C=O) groups is 1. The van der Waals surface area contributed by atoms with Gasteiger partial charge in [-0.05, 0) is 74.4 Å². The standard InChI is InChI=1S/C28H38FN3O/c1-20-15-23(9-10-31-13-11-30(4)12-14-31)16-21(2)27(20)32-19-24(17-22(3)28(32)33)18-25-7-5-6-8-26(25)29/h5-8,15-16,22,24H,9-14,17-19H2,1-4H3/t22-,24-/m1/s1. The molecule has 0 aliphatic carbocycles. The van der Waals surface area contributed by atoms with Gasteiger partial charge in [0.15, 0.2) is 0 Å². The number of hydrogen-bond donors (Lipinski definition) is 0. The SMILES string of the molecule is Cc1cc(CCN2CCN(C)CC2)cc(C)c1N1C[C@@H](Cc2ccccc2F)C[C@@H](C)C1=O. The molecule has 0 radical (unpaired) electrons. The highest BCUT2D eigenvalue weighted by molar-refractivity contribution is 5.97. The number of anilines is 1. The highest BCUT2D eigenvalue weighted by Crippen LogP contribution is 2.34. The molecule has 0 saturated carbocycles. The second kappa shape index (κ2) is 10.4. The van der Waals surface area contributed by atoms with Crippen LogP contribution in [0, 0.1) is 31.5 Å². The minimum atomic E-state index is -0.148. The molecule has 5 heteroatoms. The Labute approximate surface area is 198 Å². The van der Waals surface area contributed by atoms with Crippen molar-refractivity contribution >= 4 is 11.6 Å². The summed E-state index contributed by atoms with van der Waals surface area (Å²) in [6.07, 6.45) is 2.51. The molecule has 1 amide bonds. The normalized spacial score (nSPS) is 22.7. The first-order valence-electron chi connectivity index (χ1n) is 12.4. The molecule has 2 aromatic rings. The average Bonchev–Trinajstić information content (AvgIpc) is 2.77. The molecule has 2 heterocycles. The van der Waals surface area contributed by atoms with E-state index in [2.05, 4.69) is 42.8 Å². The van der Waals surface area contributed by atoms with Crippen molar-refractivity contribution in [1.82, 2.24) is 9.80 Å². The van der Waals surface area contributed by atoms with Crippen molar-refractivity contribution < 1.29 is 9.18 Å². The smallest absolute Gasteiger partial charge is 0.229 e. The number of nitrogens with zero attached hydrogens (tertiary/aromatic N) is 3. The van der Waals surface area contributed by atoms with Gasteiger partial charge in [0.1, 0.15) is 5.82 Å². The number of piperazine rings is 1. The fourth-order valence-corrected chi connectivity index (χ4v) is 5.59. The van der Waals surface area contributed by atoms with Crippen molar-refractivity contribution in [2.24, 2.45) is 11.8 Å². The van der Waals surface area contributed by atoms with Gasteiger partial charge in [-0.3, -0.25) is 4.79 Å². The Morgan fingerprint density at radius 3 is 2.36 bits per heavy atom. The topological polar surface area (TPSA) is 26.8 Å². The van der Waals surface area contributed by atoms with Gasteiger partial charge in [-0.15, -0.1) is 0 Å². The van der Waals surface area contributed by atoms with Crippen LogP contribution in [0.2, 0.25) is 0 Å². The van der Waals surface area contributed by atoms with Crippen LogP contribution in [0.25, 0.3) is 0 Å². The Bertz CT molecular complexity index is 960. The third-order valence-corrected chi connectivity index (χ3v) is 7.42. The van der Waals surface area contributed by atoms with E-state index in [0.29, 0.717) is 13.0 Å². The molecule has 2 saturated heterocycles. The Balaban J connectivity index is 1.48.